The van der Waals surface area contributed by atoms with Crippen LogP contribution in [0.1, 0.15) is 12.0 Å². The molecule has 0 spiro atoms. The molecule has 0 aromatic heterocycles. The second-order valence-corrected chi connectivity index (χ2v) is 7.75. The van der Waals surface area contributed by atoms with Crippen molar-refractivity contribution in [2.24, 2.45) is 4.99 Å². The topological polar surface area (TPSA) is 89.1 Å². The molecule has 162 valence electrons. The number of hydrogen-bond donors (Lipinski definition) is 3. The molecular weight excluding hydrogens is 392 g/mol. The van der Waals surface area contributed by atoms with Crippen LogP contribution in [-0.4, -0.2) is 57.0 Å². The number of nitrogens with zero attached hydrogens (tertiary/aromatic N) is 3. The standard InChI is InChI=1S/C23H28N6O2/c1-24-23(27-18-13-22(31)29(15-18)20-5-3-2-4-6-20)26-14-17-7-9-19(10-8-17)28-12-11-25-21(30)16-28/h2-10,18H,11-16H2,1H3,(H,25,30)(H2,24,26,27). The Morgan fingerprint density at radius 2 is 1.87 bits per heavy atom. The number of hydrogen-bond acceptors (Lipinski definition) is 4. The summed E-state index contributed by atoms with van der Waals surface area (Å²) in [6.07, 6.45) is 0.438. The van der Waals surface area contributed by atoms with E-state index in [0.717, 1.165) is 23.5 Å². The fourth-order valence-corrected chi connectivity index (χ4v) is 3.92. The molecule has 4 rings (SSSR count). The minimum Gasteiger partial charge on any atom is -0.360 e. The normalized spacial score (nSPS) is 19.4. The van der Waals surface area contributed by atoms with Crippen LogP contribution in [0.5, 0.6) is 0 Å². The van der Waals surface area contributed by atoms with Crippen molar-refractivity contribution in [2.45, 2.75) is 19.0 Å². The molecule has 0 radical (unpaired) electrons. The number of anilines is 2. The number of carbonyl (C=O) groups is 2. The van der Waals surface area contributed by atoms with Gasteiger partial charge in [0.05, 0.1) is 12.6 Å². The van der Waals surface area contributed by atoms with E-state index in [1.807, 2.05) is 47.4 Å². The smallest absolute Gasteiger partial charge is 0.239 e. The SMILES string of the molecule is CN=C(NCc1ccc(N2CCNC(=O)C2)cc1)NC1CC(=O)N(c2ccccc2)C1. The number of amides is 2. The molecule has 2 aromatic rings. The highest BCUT2D eigenvalue weighted by atomic mass is 16.2. The van der Waals surface area contributed by atoms with Gasteiger partial charge in [-0.05, 0) is 29.8 Å². The van der Waals surface area contributed by atoms with Crippen LogP contribution in [0.3, 0.4) is 0 Å². The summed E-state index contributed by atoms with van der Waals surface area (Å²) < 4.78 is 0. The van der Waals surface area contributed by atoms with Crippen LogP contribution in [0.4, 0.5) is 11.4 Å². The molecule has 2 heterocycles. The molecule has 2 aliphatic rings. The number of nitrogens with one attached hydrogen (secondary N) is 3. The highest BCUT2D eigenvalue weighted by molar-refractivity contribution is 5.97. The van der Waals surface area contributed by atoms with Crippen LogP contribution in [0.15, 0.2) is 59.6 Å². The van der Waals surface area contributed by atoms with Gasteiger partial charge in [0.1, 0.15) is 0 Å². The van der Waals surface area contributed by atoms with E-state index in [4.69, 9.17) is 0 Å². The zero-order chi connectivity index (χ0) is 21.6. The summed E-state index contributed by atoms with van der Waals surface area (Å²) in [5.41, 5.74) is 3.08. The second kappa shape index (κ2) is 9.51. The monoisotopic (exact) mass is 420 g/mol. The highest BCUT2D eigenvalue weighted by Gasteiger charge is 2.31. The summed E-state index contributed by atoms with van der Waals surface area (Å²) in [6, 6.07) is 17.9. The molecule has 0 aliphatic carbocycles. The lowest BCUT2D eigenvalue weighted by Crippen LogP contribution is -2.47. The van der Waals surface area contributed by atoms with Crippen LogP contribution in [0.2, 0.25) is 0 Å². The van der Waals surface area contributed by atoms with E-state index in [0.29, 0.717) is 38.6 Å². The van der Waals surface area contributed by atoms with E-state index in [1.54, 1.807) is 7.05 Å². The maximum Gasteiger partial charge on any atom is 0.239 e. The number of benzene rings is 2. The van der Waals surface area contributed by atoms with Crippen molar-refractivity contribution in [2.75, 3.05) is 43.0 Å². The first kappa shape index (κ1) is 20.7. The molecule has 8 heteroatoms. The van der Waals surface area contributed by atoms with E-state index < -0.39 is 0 Å². The molecule has 1 atom stereocenters. The Labute approximate surface area is 182 Å². The Balaban J connectivity index is 1.29. The Morgan fingerprint density at radius 1 is 1.10 bits per heavy atom. The molecule has 0 saturated carbocycles. The molecule has 3 N–H and O–H groups in total. The van der Waals surface area contributed by atoms with Gasteiger partial charge in [-0.3, -0.25) is 14.6 Å². The van der Waals surface area contributed by atoms with Crippen molar-refractivity contribution in [3.8, 4) is 0 Å². The summed E-state index contributed by atoms with van der Waals surface area (Å²) in [7, 11) is 1.73. The van der Waals surface area contributed by atoms with Gasteiger partial charge >= 0.3 is 0 Å². The quantitative estimate of drug-likeness (QED) is 0.498. The Kier molecular flexibility index (Phi) is 6.35. The van der Waals surface area contributed by atoms with Crippen LogP contribution in [0, 0.1) is 0 Å². The zero-order valence-corrected chi connectivity index (χ0v) is 17.7. The minimum absolute atomic E-state index is 0.00605. The summed E-state index contributed by atoms with van der Waals surface area (Å²) in [5, 5.41) is 9.52. The first-order chi connectivity index (χ1) is 15.1. The number of piperazine rings is 1. The molecule has 2 aliphatic heterocycles. The van der Waals surface area contributed by atoms with Crippen molar-refractivity contribution < 1.29 is 9.59 Å². The van der Waals surface area contributed by atoms with Gasteiger partial charge in [-0.2, -0.15) is 0 Å². The molecule has 0 bridgehead atoms. The lowest BCUT2D eigenvalue weighted by molar-refractivity contribution is -0.120. The van der Waals surface area contributed by atoms with Gasteiger partial charge in [0, 0.05) is 51.0 Å². The summed E-state index contributed by atoms with van der Waals surface area (Å²) in [6.45, 7) is 3.12. The Bertz CT molecular complexity index is 944. The molecule has 2 aromatic carbocycles. The molecule has 2 fully saturated rings. The van der Waals surface area contributed by atoms with E-state index in [9.17, 15) is 9.59 Å². The predicted octanol–water partition coefficient (Wildman–Crippen LogP) is 1.09. The Hall–Kier alpha value is -3.55. The number of para-hydroxylation sites is 1. The molecule has 8 nitrogen and oxygen atoms in total. The average Bonchev–Trinajstić information content (AvgIpc) is 3.17. The van der Waals surface area contributed by atoms with Gasteiger partial charge in [0.25, 0.3) is 0 Å². The third-order valence-electron chi connectivity index (χ3n) is 5.56. The lowest BCUT2D eigenvalue weighted by atomic mass is 10.2. The van der Waals surface area contributed by atoms with Crippen molar-refractivity contribution in [3.63, 3.8) is 0 Å². The molecule has 2 amide bonds. The van der Waals surface area contributed by atoms with Gasteiger partial charge in [-0.1, -0.05) is 30.3 Å². The second-order valence-electron chi connectivity index (χ2n) is 7.75. The summed E-state index contributed by atoms with van der Waals surface area (Å²) >= 11 is 0. The lowest BCUT2D eigenvalue weighted by Gasteiger charge is -2.28. The zero-order valence-electron chi connectivity index (χ0n) is 17.7. The summed E-state index contributed by atoms with van der Waals surface area (Å²) in [4.78, 5) is 32.2. The van der Waals surface area contributed by atoms with Gasteiger partial charge in [-0.15, -0.1) is 0 Å². The summed E-state index contributed by atoms with van der Waals surface area (Å²) in [5.74, 6) is 0.841. The molecule has 31 heavy (non-hydrogen) atoms. The fraction of sp³-hybridized carbons (Fsp3) is 0.348. The molecule has 2 saturated heterocycles. The largest absolute Gasteiger partial charge is 0.360 e. The van der Waals surface area contributed by atoms with Crippen molar-refractivity contribution in [1.29, 1.82) is 0 Å². The van der Waals surface area contributed by atoms with Crippen LogP contribution >= 0.6 is 0 Å². The number of carbonyl (C=O) groups excluding carboxylic acids is 2. The maximum absolute atomic E-state index is 12.4. The van der Waals surface area contributed by atoms with Crippen molar-refractivity contribution in [3.05, 3.63) is 60.2 Å². The predicted molar refractivity (Wildman–Crippen MR) is 122 cm³/mol. The fourth-order valence-electron chi connectivity index (χ4n) is 3.92. The van der Waals surface area contributed by atoms with Crippen LogP contribution < -0.4 is 25.8 Å². The van der Waals surface area contributed by atoms with Crippen LogP contribution in [-0.2, 0) is 16.1 Å². The third kappa shape index (κ3) is 5.14. The van der Waals surface area contributed by atoms with Gasteiger partial charge < -0.3 is 25.8 Å². The van der Waals surface area contributed by atoms with E-state index in [1.165, 1.54) is 0 Å². The minimum atomic E-state index is 0.00605. The maximum atomic E-state index is 12.4. The first-order valence-corrected chi connectivity index (χ1v) is 10.6. The van der Waals surface area contributed by atoms with Gasteiger partial charge in [0.2, 0.25) is 11.8 Å². The van der Waals surface area contributed by atoms with E-state index >= 15 is 0 Å². The van der Waals surface area contributed by atoms with Crippen molar-refractivity contribution >= 4 is 29.1 Å². The van der Waals surface area contributed by atoms with E-state index in [2.05, 4.69) is 38.0 Å². The third-order valence-corrected chi connectivity index (χ3v) is 5.56. The number of aliphatic imine (C=N–C) groups is 1. The van der Waals surface area contributed by atoms with E-state index in [-0.39, 0.29) is 17.9 Å². The van der Waals surface area contributed by atoms with Crippen LogP contribution in [0.25, 0.3) is 0 Å². The Morgan fingerprint density at radius 3 is 2.58 bits per heavy atom. The van der Waals surface area contributed by atoms with Crippen molar-refractivity contribution in [1.82, 2.24) is 16.0 Å². The molecular formula is C23H28N6O2. The van der Waals surface area contributed by atoms with Gasteiger partial charge in [0.15, 0.2) is 5.96 Å². The average molecular weight is 421 g/mol. The number of rotatable bonds is 5. The van der Waals surface area contributed by atoms with Gasteiger partial charge in [-0.25, -0.2) is 0 Å². The first-order valence-electron chi connectivity index (χ1n) is 10.6. The number of guanidine groups is 1. The molecule has 1 unspecified atom stereocenters. The highest BCUT2D eigenvalue weighted by Crippen LogP contribution is 2.21.